The molecule has 1 heterocycles. The summed E-state index contributed by atoms with van der Waals surface area (Å²) in [6, 6.07) is 7.57. The van der Waals surface area contributed by atoms with E-state index in [1.165, 1.54) is 22.6 Å². The van der Waals surface area contributed by atoms with E-state index in [0.717, 1.165) is 17.7 Å². The molecule has 0 aliphatic carbocycles. The summed E-state index contributed by atoms with van der Waals surface area (Å²) in [5, 5.41) is 5.47. The Morgan fingerprint density at radius 3 is 2.10 bits per heavy atom. The molecule has 1 nitrogen and oxygen atoms in total. The number of hydrogen-bond acceptors (Lipinski definition) is 2. The van der Waals surface area contributed by atoms with E-state index in [1.54, 1.807) is 11.3 Å². The van der Waals surface area contributed by atoms with E-state index in [1.807, 2.05) is 12.3 Å². The third-order valence-corrected chi connectivity index (χ3v) is 4.73. The summed E-state index contributed by atoms with van der Waals surface area (Å²) < 4.78 is 37.6. The molecule has 0 fully saturated rings. The first-order chi connectivity index (χ1) is 9.79. The Morgan fingerprint density at radius 1 is 1.00 bits per heavy atom. The molecule has 0 bridgehead atoms. The van der Waals surface area contributed by atoms with Crippen molar-refractivity contribution in [3.63, 3.8) is 0 Å². The van der Waals surface area contributed by atoms with Crippen LogP contribution in [0.5, 0.6) is 0 Å². The highest BCUT2D eigenvalue weighted by Gasteiger charge is 2.30. The molecule has 0 radical (unpaired) electrons. The summed E-state index contributed by atoms with van der Waals surface area (Å²) in [4.78, 5) is 1.26. The van der Waals surface area contributed by atoms with Crippen LogP contribution in [0, 0.1) is 6.92 Å². The molecule has 0 saturated carbocycles. The molecule has 114 valence electrons. The first-order valence-corrected chi connectivity index (χ1v) is 7.64. The molecule has 0 aliphatic rings. The third kappa shape index (κ3) is 3.86. The number of benzene rings is 1. The SMILES string of the molecule is Cc1ccsc1C(C)NC(C)c1ccc(C(F)(F)F)cc1. The van der Waals surface area contributed by atoms with Crippen LogP contribution in [0.4, 0.5) is 13.2 Å². The molecule has 2 atom stereocenters. The second kappa shape index (κ2) is 6.20. The van der Waals surface area contributed by atoms with Crippen LogP contribution in [0.25, 0.3) is 0 Å². The summed E-state index contributed by atoms with van der Waals surface area (Å²) in [7, 11) is 0. The van der Waals surface area contributed by atoms with Gasteiger partial charge in [-0.25, -0.2) is 0 Å². The van der Waals surface area contributed by atoms with Gasteiger partial charge in [-0.15, -0.1) is 11.3 Å². The normalized spacial score (nSPS) is 15.0. The molecule has 1 aromatic carbocycles. The largest absolute Gasteiger partial charge is 0.416 e. The van der Waals surface area contributed by atoms with E-state index < -0.39 is 11.7 Å². The Hall–Kier alpha value is -1.33. The van der Waals surface area contributed by atoms with Gasteiger partial charge in [-0.2, -0.15) is 13.2 Å². The van der Waals surface area contributed by atoms with Crippen molar-refractivity contribution in [2.45, 2.75) is 39.0 Å². The molecular formula is C16H18F3NS. The second-order valence-electron chi connectivity index (χ2n) is 5.20. The number of alkyl halides is 3. The van der Waals surface area contributed by atoms with Crippen molar-refractivity contribution in [3.05, 3.63) is 57.3 Å². The lowest BCUT2D eigenvalue weighted by molar-refractivity contribution is -0.137. The Balaban J connectivity index is 2.07. The Labute approximate surface area is 126 Å². The van der Waals surface area contributed by atoms with Crippen molar-refractivity contribution in [1.29, 1.82) is 0 Å². The average Bonchev–Trinajstić information content (AvgIpc) is 2.84. The van der Waals surface area contributed by atoms with E-state index >= 15 is 0 Å². The van der Waals surface area contributed by atoms with Crippen LogP contribution in [0.1, 0.15) is 47.5 Å². The molecule has 1 N–H and O–H groups in total. The Bertz CT molecular complexity index is 586. The van der Waals surface area contributed by atoms with Crippen LogP contribution < -0.4 is 5.32 Å². The lowest BCUT2D eigenvalue weighted by Gasteiger charge is -2.20. The van der Waals surface area contributed by atoms with E-state index in [4.69, 9.17) is 0 Å². The van der Waals surface area contributed by atoms with E-state index in [9.17, 15) is 13.2 Å². The van der Waals surface area contributed by atoms with Gasteiger partial charge in [0.1, 0.15) is 0 Å². The van der Waals surface area contributed by atoms with Gasteiger partial charge in [0, 0.05) is 17.0 Å². The summed E-state index contributed by atoms with van der Waals surface area (Å²) in [6.07, 6.45) is -4.28. The van der Waals surface area contributed by atoms with Gasteiger partial charge in [0.15, 0.2) is 0 Å². The molecule has 21 heavy (non-hydrogen) atoms. The van der Waals surface area contributed by atoms with Crippen molar-refractivity contribution >= 4 is 11.3 Å². The minimum absolute atomic E-state index is 0.0104. The fourth-order valence-electron chi connectivity index (χ4n) is 2.34. The number of nitrogens with one attached hydrogen (secondary N) is 1. The summed E-state index contributed by atoms with van der Waals surface area (Å²) >= 11 is 1.69. The zero-order valence-electron chi connectivity index (χ0n) is 12.2. The maximum atomic E-state index is 12.5. The molecule has 5 heteroatoms. The molecular weight excluding hydrogens is 295 g/mol. The van der Waals surface area contributed by atoms with Crippen LogP contribution in [-0.2, 0) is 6.18 Å². The van der Waals surface area contributed by atoms with Crippen molar-refractivity contribution < 1.29 is 13.2 Å². The van der Waals surface area contributed by atoms with E-state index in [2.05, 4.69) is 25.2 Å². The number of rotatable bonds is 4. The molecule has 2 aromatic rings. The van der Waals surface area contributed by atoms with Crippen LogP contribution in [0.2, 0.25) is 0 Å². The van der Waals surface area contributed by atoms with Crippen LogP contribution in [0.15, 0.2) is 35.7 Å². The highest BCUT2D eigenvalue weighted by atomic mass is 32.1. The highest BCUT2D eigenvalue weighted by Crippen LogP contribution is 2.31. The summed E-state index contributed by atoms with van der Waals surface area (Å²) in [6.45, 7) is 6.09. The minimum Gasteiger partial charge on any atom is -0.303 e. The van der Waals surface area contributed by atoms with Crippen LogP contribution in [0.3, 0.4) is 0 Å². The lowest BCUT2D eigenvalue weighted by Crippen LogP contribution is -2.22. The number of thiophene rings is 1. The minimum atomic E-state index is -4.28. The first kappa shape index (κ1) is 16.0. The number of halogens is 3. The van der Waals surface area contributed by atoms with Crippen molar-refractivity contribution in [2.24, 2.45) is 0 Å². The predicted octanol–water partition coefficient (Wildman–Crippen LogP) is 5.49. The standard InChI is InChI=1S/C16H18F3NS/c1-10-8-9-21-15(10)12(3)20-11(2)13-4-6-14(7-5-13)16(17,18)19/h4-9,11-12,20H,1-3H3. The van der Waals surface area contributed by atoms with E-state index in [-0.39, 0.29) is 12.1 Å². The zero-order chi connectivity index (χ0) is 15.6. The molecule has 0 spiro atoms. The van der Waals surface area contributed by atoms with Crippen LogP contribution >= 0.6 is 11.3 Å². The fraction of sp³-hybridized carbons (Fsp3) is 0.375. The highest BCUT2D eigenvalue weighted by molar-refractivity contribution is 7.10. The second-order valence-corrected chi connectivity index (χ2v) is 6.15. The molecule has 0 amide bonds. The van der Waals surface area contributed by atoms with Crippen LogP contribution in [-0.4, -0.2) is 0 Å². The maximum Gasteiger partial charge on any atom is 0.416 e. The lowest BCUT2D eigenvalue weighted by atomic mass is 10.0. The van der Waals surface area contributed by atoms with E-state index in [0.29, 0.717) is 0 Å². The third-order valence-electron chi connectivity index (χ3n) is 3.53. The topological polar surface area (TPSA) is 12.0 Å². The van der Waals surface area contributed by atoms with Gasteiger partial charge in [0.25, 0.3) is 0 Å². The van der Waals surface area contributed by atoms with Gasteiger partial charge in [0.2, 0.25) is 0 Å². The average molecular weight is 313 g/mol. The van der Waals surface area contributed by atoms with Gasteiger partial charge in [0.05, 0.1) is 5.56 Å². The van der Waals surface area contributed by atoms with Gasteiger partial charge in [-0.05, 0) is 55.5 Å². The van der Waals surface area contributed by atoms with Gasteiger partial charge in [-0.3, -0.25) is 0 Å². The van der Waals surface area contributed by atoms with Gasteiger partial charge < -0.3 is 5.32 Å². The quantitative estimate of drug-likeness (QED) is 0.787. The summed E-state index contributed by atoms with van der Waals surface area (Å²) in [5.41, 5.74) is 1.48. The smallest absolute Gasteiger partial charge is 0.303 e. The molecule has 0 aliphatic heterocycles. The first-order valence-electron chi connectivity index (χ1n) is 6.76. The monoisotopic (exact) mass is 313 g/mol. The van der Waals surface area contributed by atoms with Crippen molar-refractivity contribution in [2.75, 3.05) is 0 Å². The van der Waals surface area contributed by atoms with Gasteiger partial charge >= 0.3 is 6.18 Å². The maximum absolute atomic E-state index is 12.5. The van der Waals surface area contributed by atoms with Gasteiger partial charge in [-0.1, -0.05) is 12.1 Å². The molecule has 0 saturated heterocycles. The number of hydrogen-bond donors (Lipinski definition) is 1. The molecule has 2 unspecified atom stereocenters. The number of aryl methyl sites for hydroxylation is 1. The molecule has 1 aromatic heterocycles. The zero-order valence-corrected chi connectivity index (χ0v) is 13.0. The Kier molecular flexibility index (Phi) is 4.74. The fourth-order valence-corrected chi connectivity index (χ4v) is 3.28. The Morgan fingerprint density at radius 2 is 1.62 bits per heavy atom. The summed E-state index contributed by atoms with van der Waals surface area (Å²) in [5.74, 6) is 0. The van der Waals surface area contributed by atoms with Crippen molar-refractivity contribution in [3.8, 4) is 0 Å². The predicted molar refractivity (Wildman–Crippen MR) is 80.5 cm³/mol. The molecule has 2 rings (SSSR count). The van der Waals surface area contributed by atoms with Crippen molar-refractivity contribution in [1.82, 2.24) is 5.32 Å².